The molecular weight excluding hydrogens is 218 g/mol. The number of ketones is 2. The predicted molar refractivity (Wildman–Crippen MR) is 62.0 cm³/mol. The first kappa shape index (κ1) is 10.4. The summed E-state index contributed by atoms with van der Waals surface area (Å²) in [5.41, 5.74) is 1.67. The zero-order chi connectivity index (χ0) is 12.2. The zero-order valence-corrected chi connectivity index (χ0v) is 10.1. The van der Waals surface area contributed by atoms with Gasteiger partial charge in [-0.05, 0) is 0 Å². The van der Waals surface area contributed by atoms with Crippen molar-refractivity contribution in [2.45, 2.75) is 0 Å². The van der Waals surface area contributed by atoms with E-state index in [9.17, 15) is 9.59 Å². The molecule has 0 saturated carbocycles. The second-order valence-electron chi connectivity index (χ2n) is 4.79. The van der Waals surface area contributed by atoms with Crippen molar-refractivity contribution in [1.29, 1.82) is 0 Å². The van der Waals surface area contributed by atoms with Gasteiger partial charge in [0.2, 0.25) is 11.6 Å². The van der Waals surface area contributed by atoms with Gasteiger partial charge in [0.1, 0.15) is 11.4 Å². The second-order valence-corrected chi connectivity index (χ2v) is 4.79. The van der Waals surface area contributed by atoms with Gasteiger partial charge in [0.25, 0.3) is 0 Å². The highest BCUT2D eigenvalue weighted by Crippen LogP contribution is 2.30. The summed E-state index contributed by atoms with van der Waals surface area (Å²) in [6.45, 7) is 3.51. The molecule has 2 fully saturated rings. The Morgan fingerprint density at radius 1 is 1.06 bits per heavy atom. The molecule has 0 radical (unpaired) electrons. The van der Waals surface area contributed by atoms with Crippen molar-refractivity contribution >= 4 is 11.6 Å². The monoisotopic (exact) mass is 233 g/mol. The summed E-state index contributed by atoms with van der Waals surface area (Å²) in [6, 6.07) is 0. The fourth-order valence-corrected chi connectivity index (χ4v) is 2.12. The fraction of sp³-hybridized carbons (Fsp3) is 0.500. The van der Waals surface area contributed by atoms with Gasteiger partial charge in [-0.15, -0.1) is 0 Å². The van der Waals surface area contributed by atoms with Gasteiger partial charge in [-0.1, -0.05) is 0 Å². The van der Waals surface area contributed by atoms with Gasteiger partial charge in [0.15, 0.2) is 0 Å². The number of Topliss-reactive ketones (excluding diaryl/α,β-unsaturated/α-hetero) is 1. The molecule has 0 bridgehead atoms. The highest BCUT2D eigenvalue weighted by atomic mass is 16.1. The van der Waals surface area contributed by atoms with Crippen LogP contribution < -0.4 is 0 Å². The minimum absolute atomic E-state index is 0.0194. The van der Waals surface area contributed by atoms with Crippen LogP contribution in [0.15, 0.2) is 23.2 Å². The Morgan fingerprint density at radius 2 is 1.65 bits per heavy atom. The smallest absolute Gasteiger partial charge is 0.227 e. The van der Waals surface area contributed by atoms with Gasteiger partial charge in [0.05, 0.1) is 5.70 Å². The molecule has 0 aromatic carbocycles. The summed E-state index contributed by atoms with van der Waals surface area (Å²) in [5, 5.41) is 0. The number of likely N-dealkylation sites (N-methyl/N-ethyl adjacent to an activating group) is 1. The highest BCUT2D eigenvalue weighted by Gasteiger charge is 2.40. The van der Waals surface area contributed by atoms with E-state index in [1.54, 1.807) is 4.90 Å². The van der Waals surface area contributed by atoms with Gasteiger partial charge in [-0.3, -0.25) is 9.59 Å². The minimum Gasteiger partial charge on any atom is -0.373 e. The lowest BCUT2D eigenvalue weighted by atomic mass is 10.0. The first-order valence-corrected chi connectivity index (χ1v) is 5.82. The summed E-state index contributed by atoms with van der Waals surface area (Å²) in [7, 11) is 3.63. The Kier molecular flexibility index (Phi) is 2.05. The number of nitrogens with zero attached hydrogens (tertiary/aromatic N) is 3. The van der Waals surface area contributed by atoms with E-state index in [-0.39, 0.29) is 11.6 Å². The lowest BCUT2D eigenvalue weighted by Crippen LogP contribution is -2.33. The first-order chi connectivity index (χ1) is 8.09. The molecular formula is C12H15N3O2. The van der Waals surface area contributed by atoms with Gasteiger partial charge in [0, 0.05) is 46.4 Å². The van der Waals surface area contributed by atoms with Crippen molar-refractivity contribution in [2.75, 3.05) is 40.3 Å². The first-order valence-electron chi connectivity index (χ1n) is 5.82. The molecule has 1 aliphatic carbocycles. The van der Waals surface area contributed by atoms with Crippen LogP contribution in [0.5, 0.6) is 0 Å². The number of rotatable bonds is 3. The van der Waals surface area contributed by atoms with Gasteiger partial charge in [-0.2, -0.15) is 0 Å². The third-order valence-electron chi connectivity index (χ3n) is 3.17. The molecule has 0 amide bonds. The molecule has 2 heterocycles. The molecule has 0 N–H and O–H groups in total. The third kappa shape index (κ3) is 1.62. The largest absolute Gasteiger partial charge is 0.373 e. The topological polar surface area (TPSA) is 43.4 Å². The average Bonchev–Trinajstić information content (AvgIpc) is 3.14. The standard InChI is InChI=1S/C12H15N3O2/c1-13(2)11-10(15-5-6-15)9(16)7-8(12(11)17)14-3-4-14/h7H,3-6H2,1-2H3. The lowest BCUT2D eigenvalue weighted by molar-refractivity contribution is -0.118. The van der Waals surface area contributed by atoms with Gasteiger partial charge in [-0.25, -0.2) is 0 Å². The maximum absolute atomic E-state index is 12.3. The Morgan fingerprint density at radius 3 is 2.12 bits per heavy atom. The van der Waals surface area contributed by atoms with Crippen molar-refractivity contribution < 1.29 is 9.59 Å². The summed E-state index contributed by atoms with van der Waals surface area (Å²) >= 11 is 0. The molecule has 17 heavy (non-hydrogen) atoms. The van der Waals surface area contributed by atoms with Gasteiger partial charge < -0.3 is 14.7 Å². The second kappa shape index (κ2) is 3.35. The number of hydrogen-bond acceptors (Lipinski definition) is 5. The Bertz CT molecular complexity index is 468. The molecule has 0 spiro atoms. The average molecular weight is 233 g/mol. The predicted octanol–water partition coefficient (Wildman–Crippen LogP) is -0.574. The Balaban J connectivity index is 2.03. The maximum Gasteiger partial charge on any atom is 0.227 e. The van der Waals surface area contributed by atoms with E-state index in [1.165, 1.54) is 6.08 Å². The zero-order valence-electron chi connectivity index (χ0n) is 10.1. The van der Waals surface area contributed by atoms with Crippen LogP contribution in [0.25, 0.3) is 0 Å². The van der Waals surface area contributed by atoms with Crippen LogP contribution in [0, 0.1) is 0 Å². The molecule has 0 unspecified atom stereocenters. The number of carbonyl (C=O) groups is 2. The van der Waals surface area contributed by atoms with Crippen molar-refractivity contribution in [3.05, 3.63) is 23.2 Å². The molecule has 90 valence electrons. The lowest BCUT2D eigenvalue weighted by Gasteiger charge is -2.25. The fourth-order valence-electron chi connectivity index (χ4n) is 2.12. The summed E-state index contributed by atoms with van der Waals surface area (Å²) in [6.07, 6.45) is 1.50. The minimum atomic E-state index is -0.0345. The van der Waals surface area contributed by atoms with Crippen LogP contribution in [0.3, 0.4) is 0 Å². The van der Waals surface area contributed by atoms with E-state index in [0.29, 0.717) is 17.1 Å². The van der Waals surface area contributed by atoms with Gasteiger partial charge >= 0.3 is 0 Å². The number of hydrogen-bond donors (Lipinski definition) is 0. The maximum atomic E-state index is 12.3. The van der Waals surface area contributed by atoms with E-state index in [2.05, 4.69) is 0 Å². The molecule has 5 heteroatoms. The number of carbonyl (C=O) groups excluding carboxylic acids is 2. The van der Waals surface area contributed by atoms with E-state index in [1.807, 2.05) is 23.9 Å². The summed E-state index contributed by atoms with van der Waals surface area (Å²) < 4.78 is 0. The van der Waals surface area contributed by atoms with Crippen LogP contribution in [0.1, 0.15) is 0 Å². The van der Waals surface area contributed by atoms with E-state index in [4.69, 9.17) is 0 Å². The van der Waals surface area contributed by atoms with Crippen LogP contribution in [-0.4, -0.2) is 66.5 Å². The summed E-state index contributed by atoms with van der Waals surface area (Å²) in [5.74, 6) is -0.0540. The van der Waals surface area contributed by atoms with Crippen molar-refractivity contribution in [3.8, 4) is 0 Å². The molecule has 5 nitrogen and oxygen atoms in total. The molecule has 3 aliphatic rings. The molecule has 0 aromatic rings. The van der Waals surface area contributed by atoms with E-state index >= 15 is 0 Å². The third-order valence-corrected chi connectivity index (χ3v) is 3.17. The molecule has 2 aliphatic heterocycles. The number of allylic oxidation sites excluding steroid dienone is 1. The van der Waals surface area contributed by atoms with Crippen LogP contribution >= 0.6 is 0 Å². The summed E-state index contributed by atoms with van der Waals surface area (Å²) in [4.78, 5) is 30.1. The SMILES string of the molecule is CN(C)C1=C(N2CC2)C(=O)C=C(N2CC2)C1=O. The van der Waals surface area contributed by atoms with Crippen molar-refractivity contribution in [1.82, 2.24) is 14.7 Å². The van der Waals surface area contributed by atoms with Crippen LogP contribution in [0.2, 0.25) is 0 Å². The molecule has 2 saturated heterocycles. The normalized spacial score (nSPS) is 23.1. The van der Waals surface area contributed by atoms with E-state index < -0.39 is 0 Å². The molecule has 0 aromatic heterocycles. The van der Waals surface area contributed by atoms with Crippen LogP contribution in [0.4, 0.5) is 0 Å². The molecule has 0 atom stereocenters. The van der Waals surface area contributed by atoms with Crippen molar-refractivity contribution in [2.24, 2.45) is 0 Å². The van der Waals surface area contributed by atoms with Crippen LogP contribution in [-0.2, 0) is 9.59 Å². The Hall–Kier alpha value is -1.78. The Labute approximate surface area is 100.0 Å². The van der Waals surface area contributed by atoms with Crippen molar-refractivity contribution in [3.63, 3.8) is 0 Å². The molecule has 3 rings (SSSR count). The van der Waals surface area contributed by atoms with E-state index in [0.717, 1.165) is 26.2 Å². The quantitative estimate of drug-likeness (QED) is 0.482. The highest BCUT2D eigenvalue weighted by molar-refractivity contribution is 6.22.